The van der Waals surface area contributed by atoms with Gasteiger partial charge in [0.2, 0.25) is 0 Å². The van der Waals surface area contributed by atoms with Crippen molar-refractivity contribution < 1.29 is 0 Å². The predicted molar refractivity (Wildman–Crippen MR) is 67.2 cm³/mol. The lowest BCUT2D eigenvalue weighted by molar-refractivity contribution is 0.149. The van der Waals surface area contributed by atoms with Crippen LogP contribution in [-0.4, -0.2) is 37.1 Å². The SMILES string of the molecule is CCN(CCC(C)(C)C)C1CCNCC1. The summed E-state index contributed by atoms with van der Waals surface area (Å²) in [6.07, 6.45) is 3.97. The van der Waals surface area contributed by atoms with Crippen molar-refractivity contribution in [2.75, 3.05) is 26.2 Å². The summed E-state index contributed by atoms with van der Waals surface area (Å²) < 4.78 is 0. The maximum atomic E-state index is 3.44. The van der Waals surface area contributed by atoms with Gasteiger partial charge in [0, 0.05) is 6.04 Å². The summed E-state index contributed by atoms with van der Waals surface area (Å²) in [6.45, 7) is 14.2. The Balaban J connectivity index is 2.34. The van der Waals surface area contributed by atoms with Crippen molar-refractivity contribution in [3.63, 3.8) is 0 Å². The Kier molecular flexibility index (Phi) is 5.07. The molecule has 1 rings (SSSR count). The molecule has 2 heteroatoms. The summed E-state index contributed by atoms with van der Waals surface area (Å²) >= 11 is 0. The van der Waals surface area contributed by atoms with E-state index in [4.69, 9.17) is 0 Å². The van der Waals surface area contributed by atoms with E-state index in [1.165, 1.54) is 45.4 Å². The molecule has 0 unspecified atom stereocenters. The Labute approximate surface area is 95.4 Å². The van der Waals surface area contributed by atoms with Crippen LogP contribution in [0.5, 0.6) is 0 Å². The van der Waals surface area contributed by atoms with Crippen LogP contribution in [0.4, 0.5) is 0 Å². The minimum Gasteiger partial charge on any atom is -0.317 e. The lowest BCUT2D eigenvalue weighted by atomic mass is 9.91. The zero-order valence-corrected chi connectivity index (χ0v) is 11.0. The normalized spacial score (nSPS) is 19.8. The molecular formula is C13H28N2. The van der Waals surface area contributed by atoms with Gasteiger partial charge in [-0.3, -0.25) is 0 Å². The molecular weight excluding hydrogens is 184 g/mol. The van der Waals surface area contributed by atoms with Gasteiger partial charge >= 0.3 is 0 Å². The molecule has 1 aliphatic heterocycles. The summed E-state index contributed by atoms with van der Waals surface area (Å²) in [5, 5.41) is 3.44. The van der Waals surface area contributed by atoms with Crippen LogP contribution in [-0.2, 0) is 0 Å². The summed E-state index contributed by atoms with van der Waals surface area (Å²) in [5.41, 5.74) is 0.473. The minimum absolute atomic E-state index is 0.473. The number of hydrogen-bond acceptors (Lipinski definition) is 2. The van der Waals surface area contributed by atoms with Gasteiger partial charge in [-0.1, -0.05) is 27.7 Å². The smallest absolute Gasteiger partial charge is 0.0119 e. The maximum absolute atomic E-state index is 3.44. The van der Waals surface area contributed by atoms with Crippen LogP contribution in [0.15, 0.2) is 0 Å². The molecule has 1 saturated heterocycles. The topological polar surface area (TPSA) is 15.3 Å². The molecule has 1 N–H and O–H groups in total. The Morgan fingerprint density at radius 2 is 1.80 bits per heavy atom. The summed E-state index contributed by atoms with van der Waals surface area (Å²) in [5.74, 6) is 0. The first kappa shape index (κ1) is 13.0. The lowest BCUT2D eigenvalue weighted by Gasteiger charge is -2.35. The van der Waals surface area contributed by atoms with Crippen LogP contribution in [0.25, 0.3) is 0 Å². The van der Waals surface area contributed by atoms with Crippen LogP contribution in [0, 0.1) is 5.41 Å². The van der Waals surface area contributed by atoms with Crippen LogP contribution >= 0.6 is 0 Å². The molecule has 1 aliphatic rings. The van der Waals surface area contributed by atoms with Gasteiger partial charge in [-0.05, 0) is 50.9 Å². The van der Waals surface area contributed by atoms with E-state index in [0.717, 1.165) is 6.04 Å². The summed E-state index contributed by atoms with van der Waals surface area (Å²) in [6, 6.07) is 0.832. The van der Waals surface area contributed by atoms with Crippen molar-refractivity contribution in [1.29, 1.82) is 0 Å². The Bertz CT molecular complexity index is 166. The number of nitrogens with one attached hydrogen (secondary N) is 1. The van der Waals surface area contributed by atoms with Gasteiger partial charge in [-0.25, -0.2) is 0 Å². The first-order valence-corrected chi connectivity index (χ1v) is 6.47. The highest BCUT2D eigenvalue weighted by molar-refractivity contribution is 4.78. The van der Waals surface area contributed by atoms with Crippen LogP contribution in [0.3, 0.4) is 0 Å². The molecule has 0 aromatic carbocycles. The molecule has 90 valence electrons. The second-order valence-electron chi connectivity index (χ2n) is 5.92. The highest BCUT2D eigenvalue weighted by atomic mass is 15.2. The van der Waals surface area contributed by atoms with Crippen molar-refractivity contribution in [2.45, 2.75) is 53.0 Å². The number of rotatable bonds is 4. The molecule has 0 aromatic rings. The highest BCUT2D eigenvalue weighted by Crippen LogP contribution is 2.21. The molecule has 1 heterocycles. The second kappa shape index (κ2) is 5.86. The van der Waals surface area contributed by atoms with Gasteiger partial charge in [-0.2, -0.15) is 0 Å². The van der Waals surface area contributed by atoms with E-state index in [0.29, 0.717) is 5.41 Å². The maximum Gasteiger partial charge on any atom is 0.0119 e. The van der Waals surface area contributed by atoms with E-state index in [9.17, 15) is 0 Å². The van der Waals surface area contributed by atoms with E-state index < -0.39 is 0 Å². The minimum atomic E-state index is 0.473. The molecule has 1 fully saturated rings. The fourth-order valence-corrected chi connectivity index (χ4v) is 2.25. The largest absolute Gasteiger partial charge is 0.317 e. The van der Waals surface area contributed by atoms with Crippen molar-refractivity contribution in [3.8, 4) is 0 Å². The summed E-state index contributed by atoms with van der Waals surface area (Å²) in [7, 11) is 0. The van der Waals surface area contributed by atoms with E-state index in [1.807, 2.05) is 0 Å². The molecule has 15 heavy (non-hydrogen) atoms. The molecule has 0 aliphatic carbocycles. The van der Waals surface area contributed by atoms with Gasteiger partial charge in [0.05, 0.1) is 0 Å². The predicted octanol–water partition coefficient (Wildman–Crippen LogP) is 2.50. The first-order chi connectivity index (χ1) is 7.03. The van der Waals surface area contributed by atoms with Gasteiger partial charge in [0.1, 0.15) is 0 Å². The number of hydrogen-bond donors (Lipinski definition) is 1. The van der Waals surface area contributed by atoms with Crippen molar-refractivity contribution in [2.24, 2.45) is 5.41 Å². The molecule has 0 spiro atoms. The Morgan fingerprint density at radius 1 is 1.20 bits per heavy atom. The number of piperidine rings is 1. The average molecular weight is 212 g/mol. The molecule has 2 nitrogen and oxygen atoms in total. The Hall–Kier alpha value is -0.0800. The molecule has 0 amide bonds. The molecule has 0 aromatic heterocycles. The third kappa shape index (κ3) is 4.98. The van der Waals surface area contributed by atoms with E-state index >= 15 is 0 Å². The summed E-state index contributed by atoms with van der Waals surface area (Å²) in [4.78, 5) is 2.67. The molecule has 0 atom stereocenters. The average Bonchev–Trinajstić information content (AvgIpc) is 2.19. The van der Waals surface area contributed by atoms with E-state index in [1.54, 1.807) is 0 Å². The zero-order valence-electron chi connectivity index (χ0n) is 11.0. The van der Waals surface area contributed by atoms with Gasteiger partial charge in [0.15, 0.2) is 0 Å². The molecule has 0 saturated carbocycles. The molecule has 0 bridgehead atoms. The van der Waals surface area contributed by atoms with E-state index in [-0.39, 0.29) is 0 Å². The zero-order chi connectivity index (χ0) is 11.3. The Morgan fingerprint density at radius 3 is 2.27 bits per heavy atom. The first-order valence-electron chi connectivity index (χ1n) is 6.47. The lowest BCUT2D eigenvalue weighted by Crippen LogP contribution is -2.44. The monoisotopic (exact) mass is 212 g/mol. The fraction of sp³-hybridized carbons (Fsp3) is 1.00. The van der Waals surface area contributed by atoms with E-state index in [2.05, 4.69) is 37.9 Å². The number of nitrogens with zero attached hydrogens (tertiary/aromatic N) is 1. The van der Waals surface area contributed by atoms with Gasteiger partial charge in [0.25, 0.3) is 0 Å². The van der Waals surface area contributed by atoms with Gasteiger partial charge < -0.3 is 10.2 Å². The van der Waals surface area contributed by atoms with Gasteiger partial charge in [-0.15, -0.1) is 0 Å². The van der Waals surface area contributed by atoms with Crippen molar-refractivity contribution in [1.82, 2.24) is 10.2 Å². The second-order valence-corrected chi connectivity index (χ2v) is 5.92. The standard InChI is InChI=1S/C13H28N2/c1-5-15(11-8-13(2,3)4)12-6-9-14-10-7-12/h12,14H,5-11H2,1-4H3. The van der Waals surface area contributed by atoms with Crippen LogP contribution in [0.2, 0.25) is 0 Å². The highest BCUT2D eigenvalue weighted by Gasteiger charge is 2.21. The van der Waals surface area contributed by atoms with Crippen molar-refractivity contribution >= 4 is 0 Å². The van der Waals surface area contributed by atoms with Crippen molar-refractivity contribution in [3.05, 3.63) is 0 Å². The van der Waals surface area contributed by atoms with Crippen LogP contribution < -0.4 is 5.32 Å². The fourth-order valence-electron chi connectivity index (χ4n) is 2.25. The van der Waals surface area contributed by atoms with Crippen LogP contribution in [0.1, 0.15) is 47.0 Å². The quantitative estimate of drug-likeness (QED) is 0.770. The molecule has 0 radical (unpaired) electrons. The third-order valence-corrected chi connectivity index (χ3v) is 3.38. The third-order valence-electron chi connectivity index (χ3n) is 3.38.